The van der Waals surface area contributed by atoms with Crippen LogP contribution in [-0.4, -0.2) is 67.0 Å². The van der Waals surface area contributed by atoms with Crippen molar-refractivity contribution in [3.63, 3.8) is 0 Å². The molecule has 0 saturated carbocycles. The van der Waals surface area contributed by atoms with E-state index in [1.807, 2.05) is 68.4 Å². The van der Waals surface area contributed by atoms with Crippen LogP contribution in [0.3, 0.4) is 0 Å². The van der Waals surface area contributed by atoms with E-state index in [1.54, 1.807) is 4.90 Å². The molecule has 1 unspecified atom stereocenters. The van der Waals surface area contributed by atoms with E-state index in [-0.39, 0.29) is 23.6 Å². The molecule has 4 rings (SSSR count). The van der Waals surface area contributed by atoms with Crippen LogP contribution in [-0.2, 0) is 27.2 Å². The van der Waals surface area contributed by atoms with Gasteiger partial charge in [0.1, 0.15) is 24.4 Å². The number of nitrogens with zero attached hydrogens (tertiary/aromatic N) is 1. The highest BCUT2D eigenvalue weighted by Crippen LogP contribution is 2.21. The summed E-state index contributed by atoms with van der Waals surface area (Å²) < 4.78 is 6.06. The fraction of sp³-hybridized carbons (Fsp3) is 0.500. The van der Waals surface area contributed by atoms with Crippen molar-refractivity contribution in [2.45, 2.75) is 64.1 Å². The Morgan fingerprint density at radius 1 is 1.00 bits per heavy atom. The molecular formula is C30H40N4O4. The minimum atomic E-state index is -0.635. The SMILES string of the molecule is CCC(C)[C@@H]1NCCOc2ccccc2CCCNC(=O)[C@@H](Cc2ccccc2)N2CC[C@@H](NC1=O)C2=O. The Bertz CT molecular complexity index is 1090. The van der Waals surface area contributed by atoms with Gasteiger partial charge in [-0.1, -0.05) is 68.8 Å². The molecule has 2 aromatic carbocycles. The maximum Gasteiger partial charge on any atom is 0.245 e. The lowest BCUT2D eigenvalue weighted by atomic mass is 9.98. The second-order valence-electron chi connectivity index (χ2n) is 10.3. The summed E-state index contributed by atoms with van der Waals surface area (Å²) in [5.74, 6) is 0.347. The third-order valence-corrected chi connectivity index (χ3v) is 7.62. The van der Waals surface area contributed by atoms with E-state index in [0.29, 0.717) is 39.1 Å². The Balaban J connectivity index is 1.57. The second kappa shape index (κ2) is 13.4. The first-order valence-electron chi connectivity index (χ1n) is 13.8. The lowest BCUT2D eigenvalue weighted by Crippen LogP contribution is -2.55. The lowest BCUT2D eigenvalue weighted by Gasteiger charge is -2.28. The van der Waals surface area contributed by atoms with Gasteiger partial charge in [-0.2, -0.15) is 0 Å². The van der Waals surface area contributed by atoms with Crippen molar-refractivity contribution in [3.05, 3.63) is 65.7 Å². The minimum absolute atomic E-state index is 0.0806. The first kappa shape index (κ1) is 27.6. The van der Waals surface area contributed by atoms with Gasteiger partial charge in [0.25, 0.3) is 0 Å². The van der Waals surface area contributed by atoms with Crippen LogP contribution in [0.2, 0.25) is 0 Å². The normalized spacial score (nSPS) is 24.3. The lowest BCUT2D eigenvalue weighted by molar-refractivity contribution is -0.139. The molecule has 3 amide bonds. The van der Waals surface area contributed by atoms with Crippen LogP contribution in [0.5, 0.6) is 5.75 Å². The molecule has 0 spiro atoms. The number of aryl methyl sites for hydroxylation is 1. The predicted octanol–water partition coefficient (Wildman–Crippen LogP) is 2.46. The number of nitrogens with one attached hydrogen (secondary N) is 3. The summed E-state index contributed by atoms with van der Waals surface area (Å²) in [6.45, 7) is 5.94. The van der Waals surface area contributed by atoms with Gasteiger partial charge in [-0.3, -0.25) is 14.4 Å². The van der Waals surface area contributed by atoms with Crippen molar-refractivity contribution in [3.8, 4) is 5.75 Å². The number of benzene rings is 2. The predicted molar refractivity (Wildman–Crippen MR) is 147 cm³/mol. The number of hydrogen-bond acceptors (Lipinski definition) is 5. The third-order valence-electron chi connectivity index (χ3n) is 7.62. The zero-order valence-electron chi connectivity index (χ0n) is 22.4. The molecule has 0 radical (unpaired) electrons. The van der Waals surface area contributed by atoms with Crippen LogP contribution in [0.1, 0.15) is 44.2 Å². The maximum absolute atomic E-state index is 13.5. The van der Waals surface area contributed by atoms with Crippen LogP contribution in [0, 0.1) is 5.92 Å². The average molecular weight is 521 g/mol. The van der Waals surface area contributed by atoms with Gasteiger partial charge in [0.05, 0.1) is 6.04 Å². The number of ether oxygens (including phenoxy) is 1. The smallest absolute Gasteiger partial charge is 0.245 e. The van der Waals surface area contributed by atoms with E-state index in [2.05, 4.69) is 16.0 Å². The second-order valence-corrected chi connectivity index (χ2v) is 10.3. The summed E-state index contributed by atoms with van der Waals surface area (Å²) in [5, 5.41) is 9.39. The van der Waals surface area contributed by atoms with E-state index >= 15 is 0 Å². The fourth-order valence-electron chi connectivity index (χ4n) is 5.21. The van der Waals surface area contributed by atoms with Crippen molar-refractivity contribution < 1.29 is 19.1 Å². The van der Waals surface area contributed by atoms with Gasteiger partial charge in [-0.05, 0) is 42.4 Å². The largest absolute Gasteiger partial charge is 0.492 e. The van der Waals surface area contributed by atoms with Gasteiger partial charge >= 0.3 is 0 Å². The molecule has 2 bridgehead atoms. The van der Waals surface area contributed by atoms with Crippen LogP contribution < -0.4 is 20.7 Å². The monoisotopic (exact) mass is 520 g/mol. The van der Waals surface area contributed by atoms with E-state index < -0.39 is 18.1 Å². The van der Waals surface area contributed by atoms with Gasteiger partial charge in [0.15, 0.2) is 0 Å². The number of fused-ring (bicyclic) bond motifs is 3. The van der Waals surface area contributed by atoms with E-state index in [4.69, 9.17) is 4.74 Å². The summed E-state index contributed by atoms with van der Waals surface area (Å²) >= 11 is 0. The average Bonchev–Trinajstić information content (AvgIpc) is 3.29. The Labute approximate surface area is 225 Å². The summed E-state index contributed by atoms with van der Waals surface area (Å²) in [7, 11) is 0. The Morgan fingerprint density at radius 3 is 2.55 bits per heavy atom. The summed E-state index contributed by atoms with van der Waals surface area (Å²) in [6, 6.07) is 16.0. The quantitative estimate of drug-likeness (QED) is 0.575. The zero-order valence-corrected chi connectivity index (χ0v) is 22.4. The van der Waals surface area contributed by atoms with Crippen molar-refractivity contribution in [1.82, 2.24) is 20.9 Å². The molecule has 1 saturated heterocycles. The van der Waals surface area contributed by atoms with Crippen molar-refractivity contribution in [2.24, 2.45) is 5.92 Å². The molecule has 2 aliphatic heterocycles. The maximum atomic E-state index is 13.5. The molecule has 1 fully saturated rings. The molecule has 0 aromatic heterocycles. The minimum Gasteiger partial charge on any atom is -0.492 e. The van der Waals surface area contributed by atoms with Gasteiger partial charge in [0, 0.05) is 26.1 Å². The molecule has 2 aromatic rings. The van der Waals surface area contributed by atoms with Crippen LogP contribution in [0.4, 0.5) is 0 Å². The Morgan fingerprint density at radius 2 is 1.76 bits per heavy atom. The molecule has 8 nitrogen and oxygen atoms in total. The molecule has 8 heteroatoms. The molecular weight excluding hydrogens is 480 g/mol. The first-order valence-corrected chi connectivity index (χ1v) is 13.8. The highest BCUT2D eigenvalue weighted by Gasteiger charge is 2.40. The summed E-state index contributed by atoms with van der Waals surface area (Å²) in [4.78, 5) is 41.8. The van der Waals surface area contributed by atoms with Crippen LogP contribution in [0.15, 0.2) is 54.6 Å². The topological polar surface area (TPSA) is 99.8 Å². The molecule has 2 heterocycles. The van der Waals surface area contributed by atoms with Crippen LogP contribution in [0.25, 0.3) is 0 Å². The molecule has 3 N–H and O–H groups in total. The van der Waals surface area contributed by atoms with Gasteiger partial charge in [-0.25, -0.2) is 0 Å². The highest BCUT2D eigenvalue weighted by atomic mass is 16.5. The number of hydrogen-bond donors (Lipinski definition) is 3. The molecule has 38 heavy (non-hydrogen) atoms. The number of para-hydroxylation sites is 1. The highest BCUT2D eigenvalue weighted by molar-refractivity contribution is 5.94. The fourth-order valence-corrected chi connectivity index (χ4v) is 5.21. The number of amides is 3. The van der Waals surface area contributed by atoms with Gasteiger partial charge in [0.2, 0.25) is 17.7 Å². The van der Waals surface area contributed by atoms with E-state index in [9.17, 15) is 14.4 Å². The molecule has 4 atom stereocenters. The first-order chi connectivity index (χ1) is 18.5. The van der Waals surface area contributed by atoms with Crippen molar-refractivity contribution >= 4 is 17.7 Å². The van der Waals surface area contributed by atoms with Gasteiger partial charge in [-0.15, -0.1) is 0 Å². The molecule has 204 valence electrons. The number of carbonyl (C=O) groups is 3. The van der Waals surface area contributed by atoms with Crippen molar-refractivity contribution in [1.29, 1.82) is 0 Å². The van der Waals surface area contributed by atoms with Crippen LogP contribution >= 0.6 is 0 Å². The molecule has 0 aliphatic carbocycles. The zero-order chi connectivity index (χ0) is 26.9. The summed E-state index contributed by atoms with van der Waals surface area (Å²) in [6.07, 6.45) is 3.24. The standard InChI is InChI=1S/C30H40N4O4/c1-3-21(2)27-29(36)33-24-15-18-34(30(24)37)25(20-22-10-5-4-6-11-22)28(35)32-16-9-13-23-12-7-8-14-26(23)38-19-17-31-27/h4-8,10-12,14,21,24-25,27,31H,3,9,13,15-20H2,1-2H3,(H,32,35)(H,33,36)/t21?,24-,25-,27+/m1/s1. The van der Waals surface area contributed by atoms with E-state index in [1.165, 1.54) is 0 Å². The number of carbonyl (C=O) groups excluding carboxylic acids is 3. The Kier molecular flexibility index (Phi) is 9.76. The third kappa shape index (κ3) is 6.92. The van der Waals surface area contributed by atoms with Crippen molar-refractivity contribution in [2.75, 3.05) is 26.2 Å². The van der Waals surface area contributed by atoms with Gasteiger partial charge < -0.3 is 25.6 Å². The number of rotatable bonds is 4. The Hall–Kier alpha value is -3.39. The molecule has 2 aliphatic rings. The van der Waals surface area contributed by atoms with E-state index in [0.717, 1.165) is 36.1 Å². The summed E-state index contributed by atoms with van der Waals surface area (Å²) in [5.41, 5.74) is 2.07.